The fraction of sp³-hybridized carbons (Fsp3) is 0.440. The number of hydrogen-bond donors (Lipinski definition) is 1. The van der Waals surface area contributed by atoms with Crippen molar-refractivity contribution in [1.82, 2.24) is 30.0 Å². The van der Waals surface area contributed by atoms with Crippen molar-refractivity contribution >= 4 is 17.6 Å². The van der Waals surface area contributed by atoms with Crippen LogP contribution >= 0.6 is 11.6 Å². The van der Waals surface area contributed by atoms with E-state index in [1.807, 2.05) is 6.20 Å². The maximum Gasteiger partial charge on any atom is 0.318 e. The Morgan fingerprint density at radius 2 is 2.11 bits per heavy atom. The molecule has 1 atom stereocenters. The number of aromatic nitrogens is 4. The minimum absolute atomic E-state index is 0.0360. The first-order valence-corrected chi connectivity index (χ1v) is 12.2. The Morgan fingerprint density at radius 3 is 2.86 bits per heavy atom. The molecule has 1 fully saturated rings. The molecule has 5 rings (SSSR count). The third-order valence-corrected chi connectivity index (χ3v) is 7.00. The molecule has 35 heavy (non-hydrogen) atoms. The highest BCUT2D eigenvalue weighted by Gasteiger charge is 2.27. The SMILES string of the molecule is Cn1cc([C@H](NC(=O)N2CCc3cnc(CC4CCOCC4)nc3C2)c2ccc(Cl)c(F)c2)cn1. The molecular formula is C25H28ClFN6O2. The van der Waals surface area contributed by atoms with Gasteiger partial charge in [0.05, 0.1) is 29.5 Å². The Bertz CT molecular complexity index is 1210. The quantitative estimate of drug-likeness (QED) is 0.578. The van der Waals surface area contributed by atoms with Gasteiger partial charge in [-0.25, -0.2) is 19.2 Å². The summed E-state index contributed by atoms with van der Waals surface area (Å²) in [5.41, 5.74) is 3.31. The number of benzene rings is 1. The fourth-order valence-corrected chi connectivity index (χ4v) is 4.80. The van der Waals surface area contributed by atoms with E-state index < -0.39 is 11.9 Å². The van der Waals surface area contributed by atoms with Crippen molar-refractivity contribution in [1.29, 1.82) is 0 Å². The molecule has 8 nitrogen and oxygen atoms in total. The van der Waals surface area contributed by atoms with Gasteiger partial charge in [0.1, 0.15) is 11.6 Å². The molecule has 2 aromatic heterocycles. The van der Waals surface area contributed by atoms with E-state index in [1.165, 1.54) is 12.1 Å². The number of carbonyl (C=O) groups is 1. The van der Waals surface area contributed by atoms with E-state index in [0.717, 1.165) is 55.1 Å². The molecule has 0 radical (unpaired) electrons. The zero-order valence-electron chi connectivity index (χ0n) is 19.6. The molecular weight excluding hydrogens is 471 g/mol. The maximum atomic E-state index is 14.2. The zero-order valence-corrected chi connectivity index (χ0v) is 20.3. The number of ether oxygens (including phenoxy) is 1. The molecule has 184 valence electrons. The van der Waals surface area contributed by atoms with Gasteiger partial charge in [0, 0.05) is 51.2 Å². The van der Waals surface area contributed by atoms with Gasteiger partial charge in [0.2, 0.25) is 0 Å². The lowest BCUT2D eigenvalue weighted by atomic mass is 9.96. The largest absolute Gasteiger partial charge is 0.381 e. The number of nitrogens with one attached hydrogen (secondary N) is 1. The molecule has 0 aliphatic carbocycles. The minimum Gasteiger partial charge on any atom is -0.381 e. The highest BCUT2D eigenvalue weighted by atomic mass is 35.5. The van der Waals surface area contributed by atoms with Gasteiger partial charge in [-0.15, -0.1) is 0 Å². The van der Waals surface area contributed by atoms with Crippen molar-refractivity contribution < 1.29 is 13.9 Å². The summed E-state index contributed by atoms with van der Waals surface area (Å²) in [5, 5.41) is 7.31. The number of amides is 2. The normalized spacial score (nSPS) is 17.2. The average molecular weight is 499 g/mol. The average Bonchev–Trinajstić information content (AvgIpc) is 3.30. The summed E-state index contributed by atoms with van der Waals surface area (Å²) in [6, 6.07) is 3.74. The van der Waals surface area contributed by atoms with Crippen molar-refractivity contribution in [2.75, 3.05) is 19.8 Å². The number of nitrogens with zero attached hydrogens (tertiary/aromatic N) is 5. The number of aryl methyl sites for hydroxylation is 1. The van der Waals surface area contributed by atoms with Gasteiger partial charge in [-0.2, -0.15) is 5.10 Å². The van der Waals surface area contributed by atoms with Crippen LogP contribution in [-0.4, -0.2) is 50.4 Å². The van der Waals surface area contributed by atoms with Crippen molar-refractivity contribution in [3.05, 3.63) is 75.8 Å². The Labute approximate surface area is 208 Å². The van der Waals surface area contributed by atoms with Gasteiger partial charge in [-0.3, -0.25) is 4.68 Å². The van der Waals surface area contributed by atoms with Crippen LogP contribution in [0.3, 0.4) is 0 Å². The molecule has 1 N–H and O–H groups in total. The molecule has 3 aromatic rings. The van der Waals surface area contributed by atoms with Crippen LogP contribution in [0.25, 0.3) is 0 Å². The Morgan fingerprint density at radius 1 is 1.29 bits per heavy atom. The Hall–Kier alpha value is -3.04. The molecule has 0 unspecified atom stereocenters. The molecule has 1 aromatic carbocycles. The lowest BCUT2D eigenvalue weighted by Crippen LogP contribution is -2.44. The summed E-state index contributed by atoms with van der Waals surface area (Å²) in [5.74, 6) is 0.820. The number of fused-ring (bicyclic) bond motifs is 1. The first kappa shape index (κ1) is 23.7. The summed E-state index contributed by atoms with van der Waals surface area (Å²) >= 11 is 5.88. The van der Waals surface area contributed by atoms with E-state index in [4.69, 9.17) is 21.3 Å². The van der Waals surface area contributed by atoms with Gasteiger partial charge in [0.15, 0.2) is 0 Å². The van der Waals surface area contributed by atoms with Crippen molar-refractivity contribution in [2.24, 2.45) is 13.0 Å². The van der Waals surface area contributed by atoms with Crippen molar-refractivity contribution in [3.63, 3.8) is 0 Å². The number of hydrogen-bond acceptors (Lipinski definition) is 5. The van der Waals surface area contributed by atoms with Gasteiger partial charge in [-0.1, -0.05) is 17.7 Å². The van der Waals surface area contributed by atoms with Gasteiger partial charge in [-0.05, 0) is 48.4 Å². The van der Waals surface area contributed by atoms with E-state index in [1.54, 1.807) is 35.1 Å². The number of urea groups is 1. The van der Waals surface area contributed by atoms with E-state index in [9.17, 15) is 9.18 Å². The lowest BCUT2D eigenvalue weighted by molar-refractivity contribution is 0.0659. The van der Waals surface area contributed by atoms with Crippen LogP contribution < -0.4 is 5.32 Å². The summed E-state index contributed by atoms with van der Waals surface area (Å²) in [7, 11) is 1.80. The summed E-state index contributed by atoms with van der Waals surface area (Å²) in [6.07, 6.45) is 8.94. The van der Waals surface area contributed by atoms with Gasteiger partial charge >= 0.3 is 6.03 Å². The minimum atomic E-state index is -0.571. The second kappa shape index (κ2) is 10.3. The molecule has 0 bridgehead atoms. The van der Waals surface area contributed by atoms with Gasteiger partial charge < -0.3 is 15.0 Å². The van der Waals surface area contributed by atoms with E-state index >= 15 is 0 Å². The molecule has 2 amide bonds. The van der Waals surface area contributed by atoms with Crippen molar-refractivity contribution in [2.45, 2.75) is 38.3 Å². The van der Waals surface area contributed by atoms with Crippen LogP contribution in [0, 0.1) is 11.7 Å². The standard InChI is InChI=1S/C25H28ClFN6O2/c1-32-14-19(13-29-32)24(17-2-3-20(26)21(27)11-17)31-25(34)33-7-4-18-12-28-23(30-22(18)15-33)10-16-5-8-35-9-6-16/h2-3,11-14,16,24H,4-10,15H2,1H3,(H,31,34)/t24-/m1/s1. The van der Waals surface area contributed by atoms with Crippen LogP contribution in [0.5, 0.6) is 0 Å². The highest BCUT2D eigenvalue weighted by Crippen LogP contribution is 2.27. The molecule has 0 saturated carbocycles. The molecule has 10 heteroatoms. The monoisotopic (exact) mass is 498 g/mol. The van der Waals surface area contributed by atoms with Crippen molar-refractivity contribution in [3.8, 4) is 0 Å². The molecule has 4 heterocycles. The predicted octanol–water partition coefficient (Wildman–Crippen LogP) is 3.83. The molecule has 1 saturated heterocycles. The second-order valence-electron chi connectivity index (χ2n) is 9.19. The third kappa shape index (κ3) is 5.46. The maximum absolute atomic E-state index is 14.2. The zero-order chi connectivity index (χ0) is 24.4. The van der Waals surface area contributed by atoms with Crippen LogP contribution in [0.2, 0.25) is 5.02 Å². The van der Waals surface area contributed by atoms with E-state index in [-0.39, 0.29) is 11.1 Å². The summed E-state index contributed by atoms with van der Waals surface area (Å²) < 4.78 is 21.3. The summed E-state index contributed by atoms with van der Waals surface area (Å²) in [6.45, 7) is 2.54. The van der Waals surface area contributed by atoms with E-state index in [0.29, 0.717) is 31.0 Å². The van der Waals surface area contributed by atoms with Crippen LogP contribution in [-0.2, 0) is 31.2 Å². The third-order valence-electron chi connectivity index (χ3n) is 6.70. The highest BCUT2D eigenvalue weighted by molar-refractivity contribution is 6.30. The number of rotatable bonds is 5. The molecule has 0 spiro atoms. The number of carbonyl (C=O) groups excluding carboxylic acids is 1. The van der Waals surface area contributed by atoms with Crippen LogP contribution in [0.15, 0.2) is 36.8 Å². The Kier molecular flexibility index (Phi) is 6.97. The first-order valence-electron chi connectivity index (χ1n) is 11.9. The fourth-order valence-electron chi connectivity index (χ4n) is 4.68. The Balaban J connectivity index is 1.32. The molecule has 2 aliphatic rings. The van der Waals surface area contributed by atoms with Gasteiger partial charge in [0.25, 0.3) is 0 Å². The summed E-state index contributed by atoms with van der Waals surface area (Å²) in [4.78, 5) is 24.5. The van der Waals surface area contributed by atoms with Crippen LogP contribution in [0.1, 0.15) is 47.1 Å². The smallest absolute Gasteiger partial charge is 0.318 e. The molecule has 2 aliphatic heterocycles. The second-order valence-corrected chi connectivity index (χ2v) is 9.60. The lowest BCUT2D eigenvalue weighted by Gasteiger charge is -2.30. The van der Waals surface area contributed by atoms with Crippen LogP contribution in [0.4, 0.5) is 9.18 Å². The first-order chi connectivity index (χ1) is 17.0. The topological polar surface area (TPSA) is 85.2 Å². The predicted molar refractivity (Wildman–Crippen MR) is 128 cm³/mol. The number of halogens is 2. The van der Waals surface area contributed by atoms with E-state index in [2.05, 4.69) is 15.4 Å².